The van der Waals surface area contributed by atoms with E-state index < -0.39 is 23.5 Å². The average molecular weight is 320 g/mol. The van der Waals surface area contributed by atoms with Crippen molar-refractivity contribution in [3.63, 3.8) is 0 Å². The second kappa shape index (κ2) is 5.68. The largest absolute Gasteiger partial charge is 0.464 e. The van der Waals surface area contributed by atoms with Crippen LogP contribution in [0.25, 0.3) is 0 Å². The van der Waals surface area contributed by atoms with Crippen molar-refractivity contribution in [2.45, 2.75) is 6.18 Å². The summed E-state index contributed by atoms with van der Waals surface area (Å²) < 4.78 is 55.7. The van der Waals surface area contributed by atoms with E-state index in [1.807, 2.05) is 0 Å². The first-order chi connectivity index (χ1) is 9.81. The summed E-state index contributed by atoms with van der Waals surface area (Å²) in [6, 6.07) is 1.98. The molecule has 2 rings (SSSR count). The van der Waals surface area contributed by atoms with Crippen LogP contribution >= 0.6 is 11.3 Å². The van der Waals surface area contributed by atoms with Gasteiger partial charge in [-0.15, -0.1) is 11.3 Å². The molecule has 0 unspecified atom stereocenters. The van der Waals surface area contributed by atoms with Gasteiger partial charge in [0.1, 0.15) is 5.82 Å². The molecular weight excluding hydrogens is 312 g/mol. The number of thiazole rings is 1. The Balaban J connectivity index is 2.27. The number of alkyl halides is 3. The zero-order valence-electron chi connectivity index (χ0n) is 10.5. The smallest absolute Gasteiger partial charge is 0.416 e. The summed E-state index contributed by atoms with van der Waals surface area (Å²) >= 11 is 0.939. The van der Waals surface area contributed by atoms with Crippen LogP contribution in [-0.4, -0.2) is 18.1 Å². The van der Waals surface area contributed by atoms with Crippen LogP contribution < -0.4 is 5.32 Å². The molecule has 1 N–H and O–H groups in total. The van der Waals surface area contributed by atoms with Gasteiger partial charge in [0.05, 0.1) is 18.4 Å². The van der Waals surface area contributed by atoms with Crippen molar-refractivity contribution >= 4 is 28.1 Å². The van der Waals surface area contributed by atoms with Crippen molar-refractivity contribution in [2.75, 3.05) is 12.4 Å². The van der Waals surface area contributed by atoms with Crippen molar-refractivity contribution in [2.24, 2.45) is 0 Å². The molecule has 1 aromatic carbocycles. The molecule has 2 aromatic rings. The SMILES string of the molecule is COC(=O)c1csc(Nc2cc(C(F)(F)F)ccc2F)n1. The van der Waals surface area contributed by atoms with E-state index in [2.05, 4.69) is 15.0 Å². The lowest BCUT2D eigenvalue weighted by Gasteiger charge is -2.10. The maximum atomic E-state index is 13.5. The first-order valence-electron chi connectivity index (χ1n) is 5.49. The molecule has 4 nitrogen and oxygen atoms in total. The molecule has 0 saturated heterocycles. The molecule has 0 aliphatic heterocycles. The number of nitrogens with one attached hydrogen (secondary N) is 1. The molecule has 0 saturated carbocycles. The number of hydrogen-bond acceptors (Lipinski definition) is 5. The molecule has 0 spiro atoms. The number of ether oxygens (including phenoxy) is 1. The highest BCUT2D eigenvalue weighted by Crippen LogP contribution is 2.33. The molecule has 0 fully saturated rings. The van der Waals surface area contributed by atoms with Crippen LogP contribution in [0.2, 0.25) is 0 Å². The molecule has 0 aliphatic rings. The molecule has 1 aromatic heterocycles. The maximum Gasteiger partial charge on any atom is 0.416 e. The van der Waals surface area contributed by atoms with Gasteiger partial charge >= 0.3 is 12.1 Å². The van der Waals surface area contributed by atoms with E-state index in [1.165, 1.54) is 12.5 Å². The van der Waals surface area contributed by atoms with Gasteiger partial charge in [-0.1, -0.05) is 0 Å². The van der Waals surface area contributed by atoms with Crippen molar-refractivity contribution in [3.8, 4) is 0 Å². The number of esters is 1. The Kier molecular flexibility index (Phi) is 4.12. The van der Waals surface area contributed by atoms with Crippen molar-refractivity contribution in [1.29, 1.82) is 0 Å². The second-order valence-electron chi connectivity index (χ2n) is 3.85. The lowest BCUT2D eigenvalue weighted by Crippen LogP contribution is -2.06. The lowest BCUT2D eigenvalue weighted by molar-refractivity contribution is -0.137. The van der Waals surface area contributed by atoms with Gasteiger partial charge < -0.3 is 10.1 Å². The first kappa shape index (κ1) is 15.2. The second-order valence-corrected chi connectivity index (χ2v) is 4.70. The zero-order valence-corrected chi connectivity index (χ0v) is 11.3. The fourth-order valence-electron chi connectivity index (χ4n) is 1.44. The minimum atomic E-state index is -4.58. The van der Waals surface area contributed by atoms with E-state index in [1.54, 1.807) is 0 Å². The fourth-order valence-corrected chi connectivity index (χ4v) is 2.13. The topological polar surface area (TPSA) is 51.2 Å². The van der Waals surface area contributed by atoms with E-state index in [9.17, 15) is 22.4 Å². The van der Waals surface area contributed by atoms with Crippen LogP contribution in [0.4, 0.5) is 28.4 Å². The molecule has 21 heavy (non-hydrogen) atoms. The predicted molar refractivity (Wildman–Crippen MR) is 68.1 cm³/mol. The molecule has 0 atom stereocenters. The van der Waals surface area contributed by atoms with Crippen LogP contribution in [0.15, 0.2) is 23.6 Å². The van der Waals surface area contributed by atoms with E-state index in [-0.39, 0.29) is 16.5 Å². The number of methoxy groups -OCH3 is 1. The number of anilines is 2. The summed E-state index contributed by atoms with van der Waals surface area (Å²) in [6.45, 7) is 0. The minimum Gasteiger partial charge on any atom is -0.464 e. The summed E-state index contributed by atoms with van der Waals surface area (Å²) in [4.78, 5) is 15.0. The molecular formula is C12H8F4N2O2S. The molecule has 1 heterocycles. The Hall–Kier alpha value is -2.16. The number of benzene rings is 1. The number of rotatable bonds is 3. The lowest BCUT2D eigenvalue weighted by atomic mass is 10.2. The highest BCUT2D eigenvalue weighted by atomic mass is 32.1. The summed E-state index contributed by atoms with van der Waals surface area (Å²) in [5.41, 5.74) is -1.39. The third-order valence-electron chi connectivity index (χ3n) is 2.43. The number of hydrogen-bond donors (Lipinski definition) is 1. The highest BCUT2D eigenvalue weighted by molar-refractivity contribution is 7.14. The summed E-state index contributed by atoms with van der Waals surface area (Å²) in [7, 11) is 1.17. The predicted octanol–water partition coefficient (Wildman–Crippen LogP) is 3.83. The van der Waals surface area contributed by atoms with E-state index >= 15 is 0 Å². The quantitative estimate of drug-likeness (QED) is 0.690. The normalized spacial score (nSPS) is 11.3. The zero-order chi connectivity index (χ0) is 15.6. The number of carbonyl (C=O) groups excluding carboxylic acids is 1. The van der Waals surface area contributed by atoms with Crippen LogP contribution in [0.3, 0.4) is 0 Å². The van der Waals surface area contributed by atoms with Gasteiger partial charge in [-0.3, -0.25) is 0 Å². The fraction of sp³-hybridized carbons (Fsp3) is 0.167. The third kappa shape index (κ3) is 3.48. The van der Waals surface area contributed by atoms with Gasteiger partial charge in [-0.05, 0) is 18.2 Å². The monoisotopic (exact) mass is 320 g/mol. The van der Waals surface area contributed by atoms with Gasteiger partial charge in [-0.25, -0.2) is 14.2 Å². The standard InChI is InChI=1S/C12H8F4N2O2S/c1-20-10(19)9-5-21-11(18-9)17-8-4-6(12(14,15)16)2-3-7(8)13/h2-5H,1H3,(H,17,18). The van der Waals surface area contributed by atoms with E-state index in [4.69, 9.17) is 0 Å². The summed E-state index contributed by atoms with van der Waals surface area (Å²) in [5, 5.41) is 3.83. The minimum absolute atomic E-state index is 0.0163. The van der Waals surface area contributed by atoms with Crippen molar-refractivity contribution < 1.29 is 27.1 Å². The average Bonchev–Trinajstić information content (AvgIpc) is 2.87. The summed E-state index contributed by atoms with van der Waals surface area (Å²) in [5.74, 6) is -1.55. The van der Waals surface area contributed by atoms with Crippen LogP contribution in [0.5, 0.6) is 0 Å². The Morgan fingerprint density at radius 2 is 2.10 bits per heavy atom. The Morgan fingerprint density at radius 1 is 1.38 bits per heavy atom. The van der Waals surface area contributed by atoms with Crippen molar-refractivity contribution in [3.05, 3.63) is 40.7 Å². The van der Waals surface area contributed by atoms with Gasteiger partial charge in [0, 0.05) is 5.38 Å². The van der Waals surface area contributed by atoms with Gasteiger partial charge in [-0.2, -0.15) is 13.2 Å². The van der Waals surface area contributed by atoms with E-state index in [0.717, 1.165) is 11.3 Å². The van der Waals surface area contributed by atoms with E-state index in [0.29, 0.717) is 18.2 Å². The Morgan fingerprint density at radius 3 is 2.71 bits per heavy atom. The molecule has 0 aliphatic carbocycles. The molecule has 112 valence electrons. The van der Waals surface area contributed by atoms with Gasteiger partial charge in [0.25, 0.3) is 0 Å². The third-order valence-corrected chi connectivity index (χ3v) is 3.19. The molecule has 9 heteroatoms. The van der Waals surface area contributed by atoms with Gasteiger partial charge in [0.2, 0.25) is 0 Å². The van der Waals surface area contributed by atoms with Crippen molar-refractivity contribution in [1.82, 2.24) is 4.98 Å². The molecule has 0 bridgehead atoms. The van der Waals surface area contributed by atoms with Crippen LogP contribution in [-0.2, 0) is 10.9 Å². The highest BCUT2D eigenvalue weighted by Gasteiger charge is 2.31. The van der Waals surface area contributed by atoms with Crippen LogP contribution in [0.1, 0.15) is 16.1 Å². The summed E-state index contributed by atoms with van der Waals surface area (Å²) in [6.07, 6.45) is -4.58. The maximum absolute atomic E-state index is 13.5. The Labute approximate surface area is 120 Å². The number of carbonyl (C=O) groups is 1. The van der Waals surface area contributed by atoms with Gasteiger partial charge in [0.15, 0.2) is 10.8 Å². The number of halogens is 4. The van der Waals surface area contributed by atoms with Crippen LogP contribution in [0, 0.1) is 5.82 Å². The number of nitrogens with zero attached hydrogens (tertiary/aromatic N) is 1. The number of aromatic nitrogens is 1. The molecule has 0 amide bonds. The Bertz CT molecular complexity index is 670. The molecule has 0 radical (unpaired) electrons. The first-order valence-corrected chi connectivity index (χ1v) is 6.37.